The van der Waals surface area contributed by atoms with Gasteiger partial charge in [-0.25, -0.2) is 4.79 Å². The number of carbonyl (C=O) groups excluding carboxylic acids is 1. The number of nitrogens with zero attached hydrogens (tertiary/aromatic N) is 2. The van der Waals surface area contributed by atoms with Gasteiger partial charge in [-0.3, -0.25) is 0 Å². The van der Waals surface area contributed by atoms with Crippen molar-refractivity contribution in [3.05, 3.63) is 34.1 Å². The van der Waals surface area contributed by atoms with Gasteiger partial charge in [0.25, 0.3) is 5.89 Å². The third kappa shape index (κ3) is 2.25. The summed E-state index contributed by atoms with van der Waals surface area (Å²) < 4.78 is 9.56. The van der Waals surface area contributed by atoms with Gasteiger partial charge in [0.05, 0.1) is 22.7 Å². The molecule has 1 heterocycles. The summed E-state index contributed by atoms with van der Waals surface area (Å²) in [6.45, 7) is 0. The Morgan fingerprint density at radius 1 is 1.29 bits per heavy atom. The molecule has 2 rings (SSSR count). The monoisotopic (exact) mass is 272 g/mol. The molecule has 0 aliphatic heterocycles. The van der Waals surface area contributed by atoms with E-state index in [1.165, 1.54) is 7.11 Å². The second-order valence-electron chi connectivity index (χ2n) is 3.00. The van der Waals surface area contributed by atoms with Gasteiger partial charge in [-0.2, -0.15) is 0 Å². The SMILES string of the molecule is COC(=O)c1nnc(-c2c(Cl)cccc2Cl)o1. The molecule has 0 bridgehead atoms. The van der Waals surface area contributed by atoms with Crippen molar-refractivity contribution < 1.29 is 13.9 Å². The molecule has 0 saturated carbocycles. The predicted octanol–water partition coefficient (Wildman–Crippen LogP) is 2.83. The van der Waals surface area contributed by atoms with E-state index in [0.29, 0.717) is 15.6 Å². The van der Waals surface area contributed by atoms with Crippen LogP contribution in [-0.4, -0.2) is 23.3 Å². The fourth-order valence-corrected chi connectivity index (χ4v) is 1.76. The summed E-state index contributed by atoms with van der Waals surface area (Å²) in [6.07, 6.45) is 0. The van der Waals surface area contributed by atoms with Crippen LogP contribution in [0.3, 0.4) is 0 Å². The molecule has 0 saturated heterocycles. The van der Waals surface area contributed by atoms with Gasteiger partial charge in [0, 0.05) is 0 Å². The molecule has 0 spiro atoms. The van der Waals surface area contributed by atoms with Gasteiger partial charge in [0.1, 0.15) is 0 Å². The highest BCUT2D eigenvalue weighted by Crippen LogP contribution is 2.33. The van der Waals surface area contributed by atoms with Crippen molar-refractivity contribution in [2.75, 3.05) is 7.11 Å². The van der Waals surface area contributed by atoms with Crippen molar-refractivity contribution in [2.45, 2.75) is 0 Å². The standard InChI is InChI=1S/C10H6Cl2N2O3/c1-16-10(15)9-14-13-8(17-9)7-5(11)3-2-4-6(7)12/h2-4H,1H3. The first kappa shape index (κ1) is 11.9. The lowest BCUT2D eigenvalue weighted by Gasteiger charge is -2.00. The average molecular weight is 273 g/mol. The summed E-state index contributed by atoms with van der Waals surface area (Å²) in [5, 5.41) is 7.95. The molecule has 1 aromatic carbocycles. The molecule has 0 fully saturated rings. The number of hydrogen-bond donors (Lipinski definition) is 0. The number of hydrogen-bond acceptors (Lipinski definition) is 5. The van der Waals surface area contributed by atoms with Crippen molar-refractivity contribution in [1.82, 2.24) is 10.2 Å². The maximum absolute atomic E-state index is 11.1. The minimum absolute atomic E-state index is 0.0704. The molecule has 0 aliphatic carbocycles. The third-order valence-corrected chi connectivity index (χ3v) is 2.59. The van der Waals surface area contributed by atoms with Crippen LogP contribution in [0.5, 0.6) is 0 Å². The molecule has 88 valence electrons. The molecule has 7 heteroatoms. The molecule has 0 aliphatic rings. The van der Waals surface area contributed by atoms with E-state index in [4.69, 9.17) is 27.6 Å². The Balaban J connectivity index is 2.47. The minimum atomic E-state index is -0.716. The number of ether oxygens (including phenoxy) is 1. The maximum atomic E-state index is 11.1. The van der Waals surface area contributed by atoms with Gasteiger partial charge in [0.2, 0.25) is 0 Å². The van der Waals surface area contributed by atoms with Crippen LogP contribution in [0.4, 0.5) is 0 Å². The Morgan fingerprint density at radius 3 is 2.53 bits per heavy atom. The maximum Gasteiger partial charge on any atom is 0.396 e. The highest BCUT2D eigenvalue weighted by molar-refractivity contribution is 6.38. The smallest absolute Gasteiger partial charge is 0.396 e. The average Bonchev–Trinajstić information content (AvgIpc) is 2.77. The number of rotatable bonds is 2. The van der Waals surface area contributed by atoms with Gasteiger partial charge in [-0.15, -0.1) is 10.2 Å². The van der Waals surface area contributed by atoms with E-state index < -0.39 is 5.97 Å². The zero-order chi connectivity index (χ0) is 12.4. The highest BCUT2D eigenvalue weighted by atomic mass is 35.5. The number of halogens is 2. The molecule has 0 N–H and O–H groups in total. The first-order valence-electron chi connectivity index (χ1n) is 4.49. The topological polar surface area (TPSA) is 65.2 Å². The summed E-state index contributed by atoms with van der Waals surface area (Å²) in [7, 11) is 1.22. The number of carbonyl (C=O) groups is 1. The molecule has 0 amide bonds. The summed E-state index contributed by atoms with van der Waals surface area (Å²) in [6, 6.07) is 4.95. The Hall–Kier alpha value is -1.59. The van der Waals surface area contributed by atoms with Crippen molar-refractivity contribution in [3.63, 3.8) is 0 Å². The first-order chi connectivity index (χ1) is 8.13. The number of esters is 1. The lowest BCUT2D eigenvalue weighted by molar-refractivity contribution is 0.0556. The lowest BCUT2D eigenvalue weighted by atomic mass is 10.2. The molecule has 0 atom stereocenters. The van der Waals surface area contributed by atoms with Crippen molar-refractivity contribution in [1.29, 1.82) is 0 Å². The van der Waals surface area contributed by atoms with Crippen molar-refractivity contribution in [2.24, 2.45) is 0 Å². The van der Waals surface area contributed by atoms with Crippen molar-refractivity contribution in [3.8, 4) is 11.5 Å². The molecule has 0 unspecified atom stereocenters. The fourth-order valence-electron chi connectivity index (χ4n) is 1.20. The number of benzene rings is 1. The Bertz CT molecular complexity index is 548. The van der Waals surface area contributed by atoms with E-state index in [1.807, 2.05) is 0 Å². The molecular formula is C10H6Cl2N2O3. The largest absolute Gasteiger partial charge is 0.462 e. The van der Waals surface area contributed by atoms with Crippen LogP contribution in [0.25, 0.3) is 11.5 Å². The molecular weight excluding hydrogens is 267 g/mol. The van der Waals surface area contributed by atoms with Crippen LogP contribution < -0.4 is 0 Å². The predicted molar refractivity (Wildman–Crippen MR) is 61.1 cm³/mol. The van der Waals surface area contributed by atoms with E-state index in [1.54, 1.807) is 18.2 Å². The minimum Gasteiger partial charge on any atom is -0.462 e. The van der Waals surface area contributed by atoms with E-state index >= 15 is 0 Å². The second-order valence-corrected chi connectivity index (χ2v) is 3.82. The van der Waals surface area contributed by atoms with Gasteiger partial charge in [0.15, 0.2) is 0 Å². The summed E-state index contributed by atoms with van der Waals surface area (Å²) in [4.78, 5) is 11.1. The first-order valence-corrected chi connectivity index (χ1v) is 5.25. The second kappa shape index (κ2) is 4.73. The van der Waals surface area contributed by atoms with E-state index in [2.05, 4.69) is 14.9 Å². The van der Waals surface area contributed by atoms with Gasteiger partial charge in [-0.1, -0.05) is 29.3 Å². The normalized spacial score (nSPS) is 10.3. The Morgan fingerprint density at radius 2 is 1.94 bits per heavy atom. The van der Waals surface area contributed by atoms with E-state index in [-0.39, 0.29) is 11.8 Å². The number of aromatic nitrogens is 2. The van der Waals surface area contributed by atoms with Crippen LogP contribution in [-0.2, 0) is 4.74 Å². The van der Waals surface area contributed by atoms with Crippen molar-refractivity contribution >= 4 is 29.2 Å². The van der Waals surface area contributed by atoms with E-state index in [0.717, 1.165) is 0 Å². The Labute approximate surface area is 106 Å². The lowest BCUT2D eigenvalue weighted by Crippen LogP contribution is -2.00. The molecule has 17 heavy (non-hydrogen) atoms. The van der Waals surface area contributed by atoms with Crippen LogP contribution >= 0.6 is 23.2 Å². The summed E-state index contributed by atoms with van der Waals surface area (Å²) in [5.74, 6) is -0.897. The summed E-state index contributed by atoms with van der Waals surface area (Å²) in [5.41, 5.74) is 0.387. The van der Waals surface area contributed by atoms with Crippen LogP contribution in [0.2, 0.25) is 10.0 Å². The molecule has 1 aromatic heterocycles. The molecule has 2 aromatic rings. The quantitative estimate of drug-likeness (QED) is 0.787. The van der Waals surface area contributed by atoms with Gasteiger partial charge >= 0.3 is 11.9 Å². The molecule has 5 nitrogen and oxygen atoms in total. The highest BCUT2D eigenvalue weighted by Gasteiger charge is 2.19. The van der Waals surface area contributed by atoms with Crippen LogP contribution in [0, 0.1) is 0 Å². The van der Waals surface area contributed by atoms with E-state index in [9.17, 15) is 4.79 Å². The number of methoxy groups -OCH3 is 1. The zero-order valence-electron chi connectivity index (χ0n) is 8.61. The zero-order valence-corrected chi connectivity index (χ0v) is 10.1. The third-order valence-electron chi connectivity index (χ3n) is 1.96. The van der Waals surface area contributed by atoms with Crippen LogP contribution in [0.15, 0.2) is 22.6 Å². The van der Waals surface area contributed by atoms with Crippen LogP contribution in [0.1, 0.15) is 10.7 Å². The summed E-state index contributed by atoms with van der Waals surface area (Å²) >= 11 is 11.9. The Kier molecular flexibility index (Phi) is 3.31. The fraction of sp³-hybridized carbons (Fsp3) is 0.100. The van der Waals surface area contributed by atoms with Gasteiger partial charge < -0.3 is 9.15 Å². The van der Waals surface area contributed by atoms with Gasteiger partial charge in [-0.05, 0) is 12.1 Å². The molecule has 0 radical (unpaired) electrons.